The first-order valence-corrected chi connectivity index (χ1v) is 9.24. The second-order valence-corrected chi connectivity index (χ2v) is 6.52. The van der Waals surface area contributed by atoms with Gasteiger partial charge in [-0.3, -0.25) is 4.79 Å². The molecular formula is C20H27NO5. The van der Waals surface area contributed by atoms with E-state index in [1.165, 1.54) is 0 Å². The summed E-state index contributed by atoms with van der Waals surface area (Å²) in [7, 11) is 1.67. The lowest BCUT2D eigenvalue weighted by molar-refractivity contribution is 0.0320. The van der Waals surface area contributed by atoms with Gasteiger partial charge in [0.2, 0.25) is 0 Å². The van der Waals surface area contributed by atoms with Gasteiger partial charge in [0.25, 0.3) is 5.91 Å². The van der Waals surface area contributed by atoms with Crippen LogP contribution < -0.4 is 4.74 Å². The number of methoxy groups -OCH3 is 1. The number of fused-ring (bicyclic) bond motifs is 1. The van der Waals surface area contributed by atoms with E-state index in [0.29, 0.717) is 42.8 Å². The Labute approximate surface area is 154 Å². The van der Waals surface area contributed by atoms with Crippen molar-refractivity contribution in [2.75, 3.05) is 46.6 Å². The van der Waals surface area contributed by atoms with Crippen molar-refractivity contribution < 1.29 is 23.4 Å². The van der Waals surface area contributed by atoms with Crippen LogP contribution in [0.1, 0.15) is 30.3 Å². The standard InChI is InChI=1S/C20H27NO5/c1-3-25-17-6-4-5-16-13-18(26-19(16)17)20(22)21-9-7-15(8-10-21)14-24-12-11-23-2/h4-6,13,15H,3,7-12,14H2,1-2H3. The number of benzene rings is 1. The van der Waals surface area contributed by atoms with Crippen LogP contribution >= 0.6 is 0 Å². The smallest absolute Gasteiger partial charge is 0.289 e. The van der Waals surface area contributed by atoms with E-state index in [1.807, 2.05) is 30.0 Å². The van der Waals surface area contributed by atoms with Crippen molar-refractivity contribution in [1.82, 2.24) is 4.90 Å². The Kier molecular flexibility index (Phi) is 6.52. The van der Waals surface area contributed by atoms with Crippen LogP contribution in [0.15, 0.2) is 28.7 Å². The van der Waals surface area contributed by atoms with E-state index >= 15 is 0 Å². The summed E-state index contributed by atoms with van der Waals surface area (Å²) in [6, 6.07) is 7.51. The average molecular weight is 361 g/mol. The van der Waals surface area contributed by atoms with Crippen LogP contribution in [0.2, 0.25) is 0 Å². The minimum absolute atomic E-state index is 0.0533. The molecule has 1 aromatic carbocycles. The predicted molar refractivity (Wildman–Crippen MR) is 98.7 cm³/mol. The summed E-state index contributed by atoms with van der Waals surface area (Å²) in [6.45, 7) is 5.91. The maximum Gasteiger partial charge on any atom is 0.289 e. The zero-order valence-corrected chi connectivity index (χ0v) is 15.5. The van der Waals surface area contributed by atoms with Crippen LogP contribution in [0, 0.1) is 5.92 Å². The Hall–Kier alpha value is -2.05. The summed E-state index contributed by atoms with van der Waals surface area (Å²) in [5, 5.41) is 0.890. The molecule has 0 radical (unpaired) electrons. The summed E-state index contributed by atoms with van der Waals surface area (Å²) >= 11 is 0. The van der Waals surface area contributed by atoms with E-state index in [9.17, 15) is 4.79 Å². The highest BCUT2D eigenvalue weighted by Crippen LogP contribution is 2.30. The van der Waals surface area contributed by atoms with Gasteiger partial charge in [-0.1, -0.05) is 12.1 Å². The van der Waals surface area contributed by atoms with E-state index < -0.39 is 0 Å². The number of nitrogens with zero attached hydrogens (tertiary/aromatic N) is 1. The number of piperidine rings is 1. The maximum absolute atomic E-state index is 12.8. The SMILES string of the molecule is CCOc1cccc2cc(C(=O)N3CCC(COCCOC)CC3)oc12. The van der Waals surface area contributed by atoms with Gasteiger partial charge in [-0.15, -0.1) is 0 Å². The van der Waals surface area contributed by atoms with Crippen molar-refractivity contribution in [3.63, 3.8) is 0 Å². The van der Waals surface area contributed by atoms with Gasteiger partial charge in [-0.05, 0) is 37.8 Å². The highest BCUT2D eigenvalue weighted by Gasteiger charge is 2.26. The van der Waals surface area contributed by atoms with Gasteiger partial charge in [-0.25, -0.2) is 0 Å². The minimum atomic E-state index is -0.0533. The molecule has 0 spiro atoms. The van der Waals surface area contributed by atoms with E-state index in [4.69, 9.17) is 18.6 Å². The Morgan fingerprint density at radius 1 is 1.27 bits per heavy atom. The van der Waals surface area contributed by atoms with Crippen LogP contribution in [0.3, 0.4) is 0 Å². The van der Waals surface area contributed by atoms with Crippen molar-refractivity contribution >= 4 is 16.9 Å². The van der Waals surface area contributed by atoms with E-state index in [1.54, 1.807) is 13.2 Å². The third-order valence-electron chi connectivity index (χ3n) is 4.71. The van der Waals surface area contributed by atoms with Crippen molar-refractivity contribution in [2.24, 2.45) is 5.92 Å². The largest absolute Gasteiger partial charge is 0.490 e. The molecule has 1 fully saturated rings. The first kappa shape index (κ1) is 18.7. The summed E-state index contributed by atoms with van der Waals surface area (Å²) in [6.07, 6.45) is 1.90. The first-order chi connectivity index (χ1) is 12.7. The molecule has 3 rings (SSSR count). The number of rotatable bonds is 8. The predicted octanol–water partition coefficient (Wildman–Crippen LogP) is 3.35. The monoisotopic (exact) mass is 361 g/mol. The molecule has 0 saturated carbocycles. The van der Waals surface area contributed by atoms with Crippen molar-refractivity contribution in [2.45, 2.75) is 19.8 Å². The summed E-state index contributed by atoms with van der Waals surface area (Å²) in [4.78, 5) is 14.7. The van der Waals surface area contributed by atoms with E-state index in [-0.39, 0.29) is 5.91 Å². The maximum atomic E-state index is 12.8. The van der Waals surface area contributed by atoms with Crippen molar-refractivity contribution in [1.29, 1.82) is 0 Å². The zero-order chi connectivity index (χ0) is 18.4. The lowest BCUT2D eigenvalue weighted by Gasteiger charge is -2.31. The van der Waals surface area contributed by atoms with Crippen LogP contribution in [-0.4, -0.2) is 57.4 Å². The molecule has 1 aliphatic heterocycles. The number of furan rings is 1. The molecule has 0 N–H and O–H groups in total. The molecule has 1 aliphatic rings. The second kappa shape index (κ2) is 9.05. The Balaban J connectivity index is 1.58. The fourth-order valence-corrected chi connectivity index (χ4v) is 3.26. The first-order valence-electron chi connectivity index (χ1n) is 9.24. The lowest BCUT2D eigenvalue weighted by atomic mass is 9.97. The molecule has 6 heteroatoms. The van der Waals surface area contributed by atoms with Crippen LogP contribution in [0.5, 0.6) is 5.75 Å². The van der Waals surface area contributed by atoms with Gasteiger partial charge in [0.1, 0.15) is 0 Å². The number of para-hydroxylation sites is 1. The van der Waals surface area contributed by atoms with Gasteiger partial charge in [-0.2, -0.15) is 0 Å². The molecule has 0 unspecified atom stereocenters. The number of carbonyl (C=O) groups is 1. The fourth-order valence-electron chi connectivity index (χ4n) is 3.26. The van der Waals surface area contributed by atoms with Gasteiger partial charge in [0.05, 0.1) is 19.8 Å². The van der Waals surface area contributed by atoms with Crippen LogP contribution in [-0.2, 0) is 9.47 Å². The number of amides is 1. The third-order valence-corrected chi connectivity index (χ3v) is 4.71. The summed E-state index contributed by atoms with van der Waals surface area (Å²) < 4.78 is 22.0. The van der Waals surface area contributed by atoms with E-state index in [2.05, 4.69) is 0 Å². The number of ether oxygens (including phenoxy) is 3. The van der Waals surface area contributed by atoms with Gasteiger partial charge >= 0.3 is 0 Å². The summed E-state index contributed by atoms with van der Waals surface area (Å²) in [5.74, 6) is 1.50. The molecule has 0 aliphatic carbocycles. The van der Waals surface area contributed by atoms with Crippen LogP contribution in [0.4, 0.5) is 0 Å². The quantitative estimate of drug-likeness (QED) is 0.675. The Morgan fingerprint density at radius 2 is 2.08 bits per heavy atom. The Bertz CT molecular complexity index is 718. The number of hydrogen-bond acceptors (Lipinski definition) is 5. The highest BCUT2D eigenvalue weighted by atomic mass is 16.5. The second-order valence-electron chi connectivity index (χ2n) is 6.52. The van der Waals surface area contributed by atoms with Gasteiger partial charge < -0.3 is 23.5 Å². The minimum Gasteiger partial charge on any atom is -0.490 e. The van der Waals surface area contributed by atoms with Crippen molar-refractivity contribution in [3.05, 3.63) is 30.0 Å². The molecule has 142 valence electrons. The molecule has 0 atom stereocenters. The van der Waals surface area contributed by atoms with Crippen LogP contribution in [0.25, 0.3) is 11.0 Å². The molecule has 1 saturated heterocycles. The summed E-state index contributed by atoms with van der Waals surface area (Å²) in [5.41, 5.74) is 0.638. The molecule has 1 aromatic heterocycles. The molecule has 6 nitrogen and oxygen atoms in total. The normalized spacial score (nSPS) is 15.5. The Morgan fingerprint density at radius 3 is 2.81 bits per heavy atom. The molecule has 0 bridgehead atoms. The van der Waals surface area contributed by atoms with E-state index in [0.717, 1.165) is 37.9 Å². The molecule has 1 amide bonds. The van der Waals surface area contributed by atoms with Gasteiger partial charge in [0, 0.05) is 32.2 Å². The molecule has 26 heavy (non-hydrogen) atoms. The zero-order valence-electron chi connectivity index (χ0n) is 15.5. The molecule has 2 aromatic rings. The molecule has 2 heterocycles. The fraction of sp³-hybridized carbons (Fsp3) is 0.550. The lowest BCUT2D eigenvalue weighted by Crippen LogP contribution is -2.39. The average Bonchev–Trinajstić information content (AvgIpc) is 3.11. The third kappa shape index (κ3) is 4.37. The topological polar surface area (TPSA) is 61.1 Å². The van der Waals surface area contributed by atoms with Crippen molar-refractivity contribution in [3.8, 4) is 5.75 Å². The number of carbonyl (C=O) groups excluding carboxylic acids is 1. The van der Waals surface area contributed by atoms with Gasteiger partial charge in [0.15, 0.2) is 17.1 Å². The number of likely N-dealkylation sites (tertiary alicyclic amines) is 1. The molecular weight excluding hydrogens is 334 g/mol. The highest BCUT2D eigenvalue weighted by molar-refractivity contribution is 5.97. The number of hydrogen-bond donors (Lipinski definition) is 0.